The number of rotatable bonds is 2. The molecule has 19 heavy (non-hydrogen) atoms. The Bertz CT molecular complexity index is 763. The fraction of sp³-hybridized carbons (Fsp3) is 0.263. The zero-order valence-corrected chi connectivity index (χ0v) is 11.9. The van der Waals surface area contributed by atoms with E-state index in [-0.39, 0.29) is 0 Å². The molecule has 0 spiro atoms. The van der Waals surface area contributed by atoms with E-state index in [1.807, 2.05) is 0 Å². The molecule has 0 N–H and O–H groups in total. The van der Waals surface area contributed by atoms with Gasteiger partial charge in [0, 0.05) is 0 Å². The van der Waals surface area contributed by atoms with Crippen molar-refractivity contribution in [3.05, 3.63) is 53.2 Å². The Kier molecular flexibility index (Phi) is 3.02. The van der Waals surface area contributed by atoms with Gasteiger partial charge in [-0.05, 0) is 51.6 Å². The molecule has 0 bridgehead atoms. The summed E-state index contributed by atoms with van der Waals surface area (Å²) < 4.78 is 0. The Hall–Kier alpha value is -1.82. The number of hydrogen-bond donors (Lipinski definition) is 0. The number of hydrogen-bond acceptors (Lipinski definition) is 0. The predicted molar refractivity (Wildman–Crippen MR) is 85.4 cm³/mol. The van der Waals surface area contributed by atoms with Crippen LogP contribution in [-0.4, -0.2) is 0 Å². The average molecular weight is 248 g/mol. The van der Waals surface area contributed by atoms with Crippen LogP contribution in [0.2, 0.25) is 0 Å². The van der Waals surface area contributed by atoms with Gasteiger partial charge in [0.1, 0.15) is 0 Å². The normalized spacial score (nSPS) is 12.9. The molecule has 0 nitrogen and oxygen atoms in total. The average Bonchev–Trinajstić information content (AvgIpc) is 2.41. The molecular formula is C19H20. The van der Waals surface area contributed by atoms with Crippen molar-refractivity contribution in [3.63, 3.8) is 0 Å². The molecule has 0 aromatic heterocycles. The molecule has 0 amide bonds. The Morgan fingerprint density at radius 1 is 0.895 bits per heavy atom. The van der Waals surface area contributed by atoms with Gasteiger partial charge in [-0.25, -0.2) is 0 Å². The summed E-state index contributed by atoms with van der Waals surface area (Å²) in [5.41, 5.74) is 1.48. The first-order valence-corrected chi connectivity index (χ1v) is 7.10. The molecule has 0 atom stereocenters. The van der Waals surface area contributed by atoms with E-state index in [2.05, 4.69) is 69.3 Å². The van der Waals surface area contributed by atoms with Gasteiger partial charge >= 0.3 is 0 Å². The van der Waals surface area contributed by atoms with E-state index < -0.39 is 0 Å². The molecule has 96 valence electrons. The molecule has 0 heterocycles. The van der Waals surface area contributed by atoms with Crippen molar-refractivity contribution in [1.29, 1.82) is 0 Å². The van der Waals surface area contributed by atoms with Crippen LogP contribution in [0.4, 0.5) is 0 Å². The first-order chi connectivity index (χ1) is 9.20. The minimum atomic E-state index is 0.685. The lowest BCUT2D eigenvalue weighted by atomic mass is 9.91. The van der Waals surface area contributed by atoms with Crippen molar-refractivity contribution in [2.45, 2.75) is 27.2 Å². The third kappa shape index (κ3) is 2.02. The quantitative estimate of drug-likeness (QED) is 0.616. The van der Waals surface area contributed by atoms with Gasteiger partial charge in [0.25, 0.3) is 0 Å². The molecule has 0 aliphatic heterocycles. The molecule has 3 aromatic carbocycles. The third-order valence-corrected chi connectivity index (χ3v) is 3.83. The molecule has 0 saturated heterocycles. The summed E-state index contributed by atoms with van der Waals surface area (Å²) in [4.78, 5) is 0. The Balaban J connectivity index is 2.50. The maximum absolute atomic E-state index is 2.31. The third-order valence-electron chi connectivity index (χ3n) is 3.83. The van der Waals surface area contributed by atoms with Crippen LogP contribution in [0.25, 0.3) is 27.6 Å². The lowest BCUT2D eigenvalue weighted by molar-refractivity contribution is 0.650. The molecule has 3 rings (SSSR count). The molecule has 0 aliphatic rings. The second kappa shape index (κ2) is 4.70. The van der Waals surface area contributed by atoms with E-state index in [9.17, 15) is 0 Å². The summed E-state index contributed by atoms with van der Waals surface area (Å²) in [5.74, 6) is 0.685. The van der Waals surface area contributed by atoms with Gasteiger partial charge in [-0.2, -0.15) is 0 Å². The van der Waals surface area contributed by atoms with Crippen LogP contribution < -0.4 is 5.22 Å². The fourth-order valence-corrected chi connectivity index (χ4v) is 3.03. The smallest absolute Gasteiger partial charge is 0.00302 e. The molecule has 0 radical (unpaired) electrons. The van der Waals surface area contributed by atoms with E-state index in [4.69, 9.17) is 0 Å². The second-order valence-electron chi connectivity index (χ2n) is 5.72. The van der Waals surface area contributed by atoms with Gasteiger partial charge in [-0.3, -0.25) is 0 Å². The highest BCUT2D eigenvalue weighted by atomic mass is 14.1. The zero-order valence-electron chi connectivity index (χ0n) is 11.9. The van der Waals surface area contributed by atoms with Gasteiger partial charge in [0.05, 0.1) is 0 Å². The van der Waals surface area contributed by atoms with Crippen LogP contribution >= 0.6 is 0 Å². The molecular weight excluding hydrogens is 228 g/mol. The largest absolute Gasteiger partial charge is 0.0798 e. The van der Waals surface area contributed by atoms with E-state index in [0.29, 0.717) is 5.92 Å². The molecule has 0 saturated carbocycles. The summed E-state index contributed by atoms with van der Waals surface area (Å²) in [6, 6.07) is 15.7. The van der Waals surface area contributed by atoms with Crippen LogP contribution in [0.15, 0.2) is 42.5 Å². The SMILES string of the molecule is C/C=c1/ccc2cccc3ccc(CC(C)C)c1c32. The van der Waals surface area contributed by atoms with Gasteiger partial charge in [-0.1, -0.05) is 62.4 Å². The highest BCUT2D eigenvalue weighted by Gasteiger charge is 2.08. The standard InChI is InChI=1S/C19H20/c1-4-14-8-9-15-6-5-7-16-10-11-17(12-13(2)3)18(14)19(15)16/h4-11,13H,12H2,1-3H3/b14-4-. The highest BCUT2D eigenvalue weighted by molar-refractivity contribution is 6.11. The van der Waals surface area contributed by atoms with Crippen LogP contribution in [0, 0.1) is 5.92 Å². The van der Waals surface area contributed by atoms with E-state index >= 15 is 0 Å². The second-order valence-corrected chi connectivity index (χ2v) is 5.72. The molecule has 0 unspecified atom stereocenters. The molecule has 3 aromatic rings. The molecule has 0 heteroatoms. The van der Waals surface area contributed by atoms with Crippen LogP contribution in [0.5, 0.6) is 0 Å². The minimum absolute atomic E-state index is 0.685. The lowest BCUT2D eigenvalue weighted by Gasteiger charge is -2.13. The van der Waals surface area contributed by atoms with Gasteiger partial charge < -0.3 is 0 Å². The monoisotopic (exact) mass is 248 g/mol. The van der Waals surface area contributed by atoms with Crippen molar-refractivity contribution in [3.8, 4) is 0 Å². The van der Waals surface area contributed by atoms with Crippen molar-refractivity contribution in [1.82, 2.24) is 0 Å². The summed E-state index contributed by atoms with van der Waals surface area (Å²) in [5, 5.41) is 6.94. The summed E-state index contributed by atoms with van der Waals surface area (Å²) in [6.45, 7) is 6.71. The number of benzene rings is 3. The topological polar surface area (TPSA) is 0 Å². The molecule has 0 aliphatic carbocycles. The van der Waals surface area contributed by atoms with E-state index in [0.717, 1.165) is 6.42 Å². The molecule has 0 fully saturated rings. The summed E-state index contributed by atoms with van der Waals surface area (Å²) >= 11 is 0. The Morgan fingerprint density at radius 3 is 2.21 bits per heavy atom. The van der Waals surface area contributed by atoms with Crippen molar-refractivity contribution < 1.29 is 0 Å². The Morgan fingerprint density at radius 2 is 1.58 bits per heavy atom. The van der Waals surface area contributed by atoms with Gasteiger partial charge in [0.15, 0.2) is 0 Å². The predicted octanol–water partition coefficient (Wildman–Crippen LogP) is 4.71. The van der Waals surface area contributed by atoms with E-state index in [1.54, 1.807) is 0 Å². The van der Waals surface area contributed by atoms with Crippen LogP contribution in [0.3, 0.4) is 0 Å². The van der Waals surface area contributed by atoms with Crippen molar-refractivity contribution in [2.24, 2.45) is 5.92 Å². The highest BCUT2D eigenvalue weighted by Crippen LogP contribution is 2.28. The Labute approximate surface area is 114 Å². The fourth-order valence-electron chi connectivity index (χ4n) is 3.03. The summed E-state index contributed by atoms with van der Waals surface area (Å²) in [6.07, 6.45) is 3.37. The maximum Gasteiger partial charge on any atom is -0.00302 e. The lowest BCUT2D eigenvalue weighted by Crippen LogP contribution is -2.06. The zero-order chi connectivity index (χ0) is 13.4. The van der Waals surface area contributed by atoms with Gasteiger partial charge in [-0.15, -0.1) is 0 Å². The van der Waals surface area contributed by atoms with Crippen LogP contribution in [0.1, 0.15) is 26.3 Å². The van der Waals surface area contributed by atoms with Gasteiger partial charge in [0.2, 0.25) is 0 Å². The van der Waals surface area contributed by atoms with Crippen molar-refractivity contribution in [2.75, 3.05) is 0 Å². The minimum Gasteiger partial charge on any atom is -0.0798 e. The van der Waals surface area contributed by atoms with Crippen molar-refractivity contribution >= 4 is 27.6 Å². The first kappa shape index (κ1) is 12.2. The van der Waals surface area contributed by atoms with E-state index in [1.165, 1.54) is 32.3 Å². The maximum atomic E-state index is 2.31. The van der Waals surface area contributed by atoms with Crippen LogP contribution in [-0.2, 0) is 6.42 Å². The summed E-state index contributed by atoms with van der Waals surface area (Å²) in [7, 11) is 0. The first-order valence-electron chi connectivity index (χ1n) is 7.10.